The number of pyridine rings is 1. The molecule has 0 bridgehead atoms. The SMILES string of the molecule is Cc1nnc(C[C@@H]2CC[C@H](NC(=O)c3cncc(Cl)c3C)C2)o1. The molecular weight excluding hydrogens is 316 g/mol. The lowest BCUT2D eigenvalue weighted by Crippen LogP contribution is -2.33. The number of carbonyl (C=O) groups is 1. The highest BCUT2D eigenvalue weighted by Gasteiger charge is 2.28. The Morgan fingerprint density at radius 3 is 2.91 bits per heavy atom. The number of rotatable bonds is 4. The van der Waals surface area contributed by atoms with Crippen LogP contribution in [-0.4, -0.2) is 27.1 Å². The van der Waals surface area contributed by atoms with Gasteiger partial charge in [0.1, 0.15) is 0 Å². The predicted molar refractivity (Wildman–Crippen MR) is 85.3 cm³/mol. The molecule has 0 aromatic carbocycles. The summed E-state index contributed by atoms with van der Waals surface area (Å²) in [6.45, 7) is 3.61. The number of nitrogens with one attached hydrogen (secondary N) is 1. The molecule has 23 heavy (non-hydrogen) atoms. The van der Waals surface area contributed by atoms with Gasteiger partial charge in [0, 0.05) is 31.8 Å². The second kappa shape index (κ2) is 6.66. The first-order valence-electron chi connectivity index (χ1n) is 7.73. The third-order valence-corrected chi connectivity index (χ3v) is 4.69. The van der Waals surface area contributed by atoms with E-state index < -0.39 is 0 Å². The molecule has 2 atom stereocenters. The molecule has 0 saturated heterocycles. The lowest BCUT2D eigenvalue weighted by molar-refractivity contribution is 0.0936. The van der Waals surface area contributed by atoms with E-state index in [4.69, 9.17) is 16.0 Å². The van der Waals surface area contributed by atoms with Gasteiger partial charge in [-0.25, -0.2) is 0 Å². The summed E-state index contributed by atoms with van der Waals surface area (Å²) >= 11 is 6.02. The van der Waals surface area contributed by atoms with Crippen LogP contribution in [-0.2, 0) is 6.42 Å². The quantitative estimate of drug-likeness (QED) is 0.929. The normalized spacial score (nSPS) is 20.7. The Morgan fingerprint density at radius 1 is 1.35 bits per heavy atom. The van der Waals surface area contributed by atoms with Gasteiger partial charge in [-0.1, -0.05) is 11.6 Å². The van der Waals surface area contributed by atoms with E-state index in [-0.39, 0.29) is 11.9 Å². The third kappa shape index (κ3) is 3.69. The smallest absolute Gasteiger partial charge is 0.253 e. The lowest BCUT2D eigenvalue weighted by atomic mass is 10.0. The number of carbonyl (C=O) groups excluding carboxylic acids is 1. The maximum Gasteiger partial charge on any atom is 0.253 e. The number of nitrogens with zero attached hydrogens (tertiary/aromatic N) is 3. The molecule has 1 N–H and O–H groups in total. The average molecular weight is 335 g/mol. The van der Waals surface area contributed by atoms with Crippen molar-refractivity contribution in [1.82, 2.24) is 20.5 Å². The zero-order valence-electron chi connectivity index (χ0n) is 13.2. The number of hydrogen-bond acceptors (Lipinski definition) is 5. The Morgan fingerprint density at radius 2 is 2.17 bits per heavy atom. The Bertz CT molecular complexity index is 716. The molecule has 1 fully saturated rings. The van der Waals surface area contributed by atoms with E-state index in [2.05, 4.69) is 20.5 Å². The summed E-state index contributed by atoms with van der Waals surface area (Å²) in [5.74, 6) is 1.61. The highest BCUT2D eigenvalue weighted by molar-refractivity contribution is 6.31. The molecule has 2 aromatic heterocycles. The van der Waals surface area contributed by atoms with Gasteiger partial charge in [-0.3, -0.25) is 9.78 Å². The molecule has 122 valence electrons. The third-order valence-electron chi connectivity index (χ3n) is 4.31. The van der Waals surface area contributed by atoms with Crippen LogP contribution in [0.2, 0.25) is 5.02 Å². The van der Waals surface area contributed by atoms with Gasteiger partial charge in [0.15, 0.2) is 0 Å². The predicted octanol–water partition coefficient (Wildman–Crippen LogP) is 2.88. The van der Waals surface area contributed by atoms with Gasteiger partial charge in [-0.05, 0) is 37.7 Å². The maximum absolute atomic E-state index is 12.4. The van der Waals surface area contributed by atoms with Crippen molar-refractivity contribution < 1.29 is 9.21 Å². The minimum absolute atomic E-state index is 0.114. The van der Waals surface area contributed by atoms with Gasteiger partial charge in [-0.2, -0.15) is 0 Å². The Labute approximate surface area is 139 Å². The van der Waals surface area contributed by atoms with Crippen molar-refractivity contribution in [1.29, 1.82) is 0 Å². The van der Waals surface area contributed by atoms with E-state index in [0.717, 1.165) is 31.2 Å². The van der Waals surface area contributed by atoms with E-state index in [1.165, 1.54) is 0 Å². The Hall–Kier alpha value is -1.95. The number of halogens is 1. The van der Waals surface area contributed by atoms with Gasteiger partial charge in [-0.15, -0.1) is 10.2 Å². The minimum Gasteiger partial charge on any atom is -0.426 e. The van der Waals surface area contributed by atoms with Crippen molar-refractivity contribution in [3.63, 3.8) is 0 Å². The standard InChI is InChI=1S/C16H19ClN4O2/c1-9-13(7-18-8-14(9)17)16(22)19-12-4-3-11(5-12)6-15-21-20-10(2)23-15/h7-8,11-12H,3-6H2,1-2H3,(H,19,22)/t11-,12+/m1/s1. The molecule has 1 saturated carbocycles. The summed E-state index contributed by atoms with van der Waals surface area (Å²) in [5.41, 5.74) is 1.29. The van der Waals surface area contributed by atoms with E-state index in [1.54, 1.807) is 19.3 Å². The molecule has 1 aliphatic carbocycles. The fraction of sp³-hybridized carbons (Fsp3) is 0.500. The molecule has 0 aliphatic heterocycles. The van der Waals surface area contributed by atoms with Gasteiger partial charge in [0.25, 0.3) is 5.91 Å². The van der Waals surface area contributed by atoms with E-state index in [1.807, 2.05) is 6.92 Å². The lowest BCUT2D eigenvalue weighted by Gasteiger charge is -2.14. The van der Waals surface area contributed by atoms with Crippen molar-refractivity contribution in [3.05, 3.63) is 40.3 Å². The van der Waals surface area contributed by atoms with Crippen LogP contribution >= 0.6 is 11.6 Å². The van der Waals surface area contributed by atoms with Crippen molar-refractivity contribution >= 4 is 17.5 Å². The van der Waals surface area contributed by atoms with E-state index >= 15 is 0 Å². The molecule has 2 aromatic rings. The second-order valence-corrected chi connectivity index (χ2v) is 6.47. The van der Waals surface area contributed by atoms with Crippen molar-refractivity contribution in [3.8, 4) is 0 Å². The minimum atomic E-state index is -0.114. The van der Waals surface area contributed by atoms with Gasteiger partial charge in [0.2, 0.25) is 11.8 Å². The molecule has 6 nitrogen and oxygen atoms in total. The van der Waals surface area contributed by atoms with Crippen LogP contribution < -0.4 is 5.32 Å². The van der Waals surface area contributed by atoms with Crippen molar-refractivity contribution in [2.45, 2.75) is 45.6 Å². The summed E-state index contributed by atoms with van der Waals surface area (Å²) in [6, 6.07) is 0.162. The molecule has 0 radical (unpaired) electrons. The van der Waals surface area contributed by atoms with Crippen molar-refractivity contribution in [2.24, 2.45) is 5.92 Å². The summed E-state index contributed by atoms with van der Waals surface area (Å²) in [7, 11) is 0. The number of hydrogen-bond donors (Lipinski definition) is 1. The molecule has 7 heteroatoms. The fourth-order valence-electron chi connectivity index (χ4n) is 3.05. The van der Waals surface area contributed by atoms with Crippen LogP contribution in [0.15, 0.2) is 16.8 Å². The van der Waals surface area contributed by atoms with Crippen LogP contribution in [0.1, 0.15) is 47.0 Å². The first kappa shape index (κ1) is 15.9. The largest absolute Gasteiger partial charge is 0.426 e. The first-order chi connectivity index (χ1) is 11.0. The van der Waals surface area contributed by atoms with Crippen LogP contribution in [0.3, 0.4) is 0 Å². The summed E-state index contributed by atoms with van der Waals surface area (Å²) in [4.78, 5) is 16.4. The van der Waals surface area contributed by atoms with Gasteiger partial charge >= 0.3 is 0 Å². The summed E-state index contributed by atoms with van der Waals surface area (Å²) < 4.78 is 5.43. The number of amides is 1. The highest BCUT2D eigenvalue weighted by atomic mass is 35.5. The fourth-order valence-corrected chi connectivity index (χ4v) is 3.21. The van der Waals surface area contributed by atoms with Crippen LogP contribution in [0.25, 0.3) is 0 Å². The number of aryl methyl sites for hydroxylation is 1. The molecule has 3 rings (SSSR count). The molecule has 2 heterocycles. The Kier molecular flexibility index (Phi) is 4.61. The molecule has 1 aliphatic rings. The second-order valence-electron chi connectivity index (χ2n) is 6.06. The maximum atomic E-state index is 12.4. The molecule has 1 amide bonds. The monoisotopic (exact) mass is 334 g/mol. The van der Waals surface area contributed by atoms with Crippen LogP contribution in [0, 0.1) is 19.8 Å². The zero-order valence-corrected chi connectivity index (χ0v) is 13.9. The molecule has 0 unspecified atom stereocenters. The highest BCUT2D eigenvalue weighted by Crippen LogP contribution is 2.29. The summed E-state index contributed by atoms with van der Waals surface area (Å²) in [6.07, 6.45) is 6.79. The molecular formula is C16H19ClN4O2. The zero-order chi connectivity index (χ0) is 16.4. The molecule has 0 spiro atoms. The topological polar surface area (TPSA) is 80.9 Å². The van der Waals surface area contributed by atoms with Crippen LogP contribution in [0.5, 0.6) is 0 Å². The number of aromatic nitrogens is 3. The van der Waals surface area contributed by atoms with Gasteiger partial charge in [0.05, 0.1) is 10.6 Å². The van der Waals surface area contributed by atoms with Crippen LogP contribution in [0.4, 0.5) is 0 Å². The van der Waals surface area contributed by atoms with E-state index in [0.29, 0.717) is 28.3 Å². The average Bonchev–Trinajstić information content (AvgIpc) is 3.11. The summed E-state index contributed by atoms with van der Waals surface area (Å²) in [5, 5.41) is 11.5. The Balaban J connectivity index is 1.57. The van der Waals surface area contributed by atoms with Gasteiger partial charge < -0.3 is 9.73 Å². The van der Waals surface area contributed by atoms with E-state index in [9.17, 15) is 4.79 Å². The first-order valence-corrected chi connectivity index (χ1v) is 8.10. The van der Waals surface area contributed by atoms with Crippen molar-refractivity contribution in [2.75, 3.05) is 0 Å².